The number of hydrogen-bond acceptors (Lipinski definition) is 2. The van der Waals surface area contributed by atoms with Crippen molar-refractivity contribution in [3.8, 4) is 0 Å². The van der Waals surface area contributed by atoms with Crippen LogP contribution in [0.1, 0.15) is 140 Å². The molecule has 0 spiro atoms. The Balaban J connectivity index is -0.000000103. The Hall–Kier alpha value is 2.69. The summed E-state index contributed by atoms with van der Waals surface area (Å²) in [5.41, 5.74) is 4.81. The molecule has 0 unspecified atom stereocenters. The quantitative estimate of drug-likeness (QED) is 0.164. The minimum absolute atomic E-state index is 0. The van der Waals surface area contributed by atoms with Crippen LogP contribution in [0.3, 0.4) is 0 Å². The van der Waals surface area contributed by atoms with E-state index in [4.69, 9.17) is 5.73 Å². The van der Waals surface area contributed by atoms with Gasteiger partial charge in [0.1, 0.15) is 4.32 Å². The van der Waals surface area contributed by atoms with Gasteiger partial charge in [-0.1, -0.05) is 140 Å². The van der Waals surface area contributed by atoms with Crippen molar-refractivity contribution in [1.82, 2.24) is 5.32 Å². The van der Waals surface area contributed by atoms with E-state index in [2.05, 4.69) is 29.8 Å². The fourth-order valence-corrected chi connectivity index (χ4v) is 3.34. The van der Waals surface area contributed by atoms with Gasteiger partial charge in [-0.2, -0.15) is 0 Å². The van der Waals surface area contributed by atoms with Gasteiger partial charge in [-0.3, -0.25) is 10.1 Å². The van der Waals surface area contributed by atoms with E-state index in [-0.39, 0.29) is 112 Å². The number of carbonyl (C=O) groups excluding carboxylic acids is 2. The molecule has 0 aliphatic heterocycles. The molecule has 0 saturated heterocycles. The van der Waals surface area contributed by atoms with Gasteiger partial charge >= 0.3 is 109 Å². The number of hydrogen-bond donors (Lipinski definition) is 2. The normalized spacial score (nSPS) is 10.2. The van der Waals surface area contributed by atoms with Crippen LogP contribution in [0, 0.1) is 0 Å². The Labute approximate surface area is 290 Å². The van der Waals surface area contributed by atoms with Crippen molar-refractivity contribution in [2.24, 2.45) is 5.73 Å². The molecular weight excluding hydrogens is 506 g/mol. The van der Waals surface area contributed by atoms with Gasteiger partial charge < -0.3 is 8.59 Å². The molecule has 31 heavy (non-hydrogen) atoms. The van der Waals surface area contributed by atoms with Gasteiger partial charge in [0.15, 0.2) is 0 Å². The van der Waals surface area contributed by atoms with Crippen LogP contribution >= 0.6 is 15.9 Å². The predicted octanol–water partition coefficient (Wildman–Crippen LogP) is 2.25. The first-order valence-electron chi connectivity index (χ1n) is 12.2. The molecule has 3 amide bonds. The molecular formula is C24H51BrK2N2O2. The molecule has 0 atom stereocenters. The van der Waals surface area contributed by atoms with Gasteiger partial charge in [-0.25, -0.2) is 4.79 Å². The maximum absolute atomic E-state index is 11.3. The van der Waals surface area contributed by atoms with E-state index >= 15 is 0 Å². The fourth-order valence-electron chi connectivity index (χ4n) is 3.24. The Morgan fingerprint density at radius 2 is 0.935 bits per heavy atom. The zero-order valence-corrected chi connectivity index (χ0v) is 29.6. The van der Waals surface area contributed by atoms with E-state index in [1.165, 1.54) is 96.3 Å². The van der Waals surface area contributed by atoms with Gasteiger partial charge in [0.2, 0.25) is 5.91 Å². The zero-order valence-electron chi connectivity index (χ0n) is 23.8. The second-order valence-electron chi connectivity index (χ2n) is 8.09. The van der Waals surface area contributed by atoms with E-state index in [1.807, 2.05) is 19.2 Å². The summed E-state index contributed by atoms with van der Waals surface area (Å²) >= 11 is 3.26. The smallest absolute Gasteiger partial charge is 1.00 e. The average molecular weight is 558 g/mol. The van der Waals surface area contributed by atoms with Crippen LogP contribution in [0.4, 0.5) is 4.79 Å². The molecule has 0 radical (unpaired) electrons. The number of alkyl halides is 1. The molecule has 0 rings (SSSR count). The molecule has 0 aromatic heterocycles. The maximum atomic E-state index is 11.3. The van der Waals surface area contributed by atoms with Crippen molar-refractivity contribution < 1.29 is 115 Å². The van der Waals surface area contributed by atoms with Gasteiger partial charge in [0.05, 0.1) is 0 Å². The van der Waals surface area contributed by atoms with Crippen LogP contribution in [0.5, 0.6) is 0 Å². The Bertz CT molecular complexity index is 393. The first-order chi connectivity index (χ1) is 13.9. The van der Waals surface area contributed by atoms with Crippen molar-refractivity contribution in [3.63, 3.8) is 0 Å². The van der Waals surface area contributed by atoms with Crippen molar-refractivity contribution in [2.45, 2.75) is 141 Å². The van der Waals surface area contributed by atoms with Gasteiger partial charge in [-0.05, 0) is 12.8 Å². The van der Waals surface area contributed by atoms with E-state index in [0.717, 1.165) is 0 Å². The predicted molar refractivity (Wildman–Crippen MR) is 133 cm³/mol. The molecule has 0 bridgehead atoms. The number of unbranched alkanes of at least 4 members (excludes halogenated alkanes) is 14. The standard InChI is InChI=1S/C17H36.C7H13BrN2O2.2K.2H/c1-3-5-7-9-11-13-15-17-16-14-12-10-8-6-4-2;1-3-7(8,4-2)5(11)10-6(9)12;;;;/h3-17H2,1-2H3;3-4H2,1-2H3,(H3,9,10,11,12);;;;/q;;2*+1;2*-1. The van der Waals surface area contributed by atoms with E-state index in [9.17, 15) is 9.59 Å². The monoisotopic (exact) mass is 556 g/mol. The number of urea groups is 1. The van der Waals surface area contributed by atoms with Crippen LogP contribution in [0.15, 0.2) is 0 Å². The second-order valence-corrected chi connectivity index (χ2v) is 9.60. The molecule has 3 N–H and O–H groups in total. The summed E-state index contributed by atoms with van der Waals surface area (Å²) in [7, 11) is 0. The van der Waals surface area contributed by atoms with Crippen molar-refractivity contribution in [2.75, 3.05) is 0 Å². The number of primary amides is 1. The minimum Gasteiger partial charge on any atom is -1.00 e. The van der Waals surface area contributed by atoms with Crippen LogP contribution < -0.4 is 114 Å². The molecule has 0 heterocycles. The molecule has 0 aliphatic carbocycles. The topological polar surface area (TPSA) is 72.2 Å². The van der Waals surface area contributed by atoms with E-state index in [1.54, 1.807) is 0 Å². The van der Waals surface area contributed by atoms with Crippen molar-refractivity contribution in [3.05, 3.63) is 0 Å². The summed E-state index contributed by atoms with van der Waals surface area (Å²) in [5.74, 6) is -0.375. The Kier molecular flexibility index (Phi) is 40.5. The number of amides is 3. The Morgan fingerprint density at radius 1 is 0.677 bits per heavy atom. The number of carbonyl (C=O) groups is 2. The summed E-state index contributed by atoms with van der Waals surface area (Å²) < 4.78 is -0.665. The molecule has 0 aromatic rings. The van der Waals surface area contributed by atoms with Gasteiger partial charge in [0, 0.05) is 0 Å². The molecule has 0 fully saturated rings. The summed E-state index contributed by atoms with van der Waals surface area (Å²) in [4.78, 5) is 21.6. The minimum atomic E-state index is -0.814. The molecule has 178 valence electrons. The summed E-state index contributed by atoms with van der Waals surface area (Å²) in [5, 5.41) is 2.04. The molecule has 0 aliphatic rings. The number of imide groups is 1. The van der Waals surface area contributed by atoms with E-state index in [0.29, 0.717) is 12.8 Å². The van der Waals surface area contributed by atoms with E-state index < -0.39 is 10.4 Å². The molecule has 0 aromatic carbocycles. The van der Waals surface area contributed by atoms with Crippen LogP contribution in [0.25, 0.3) is 0 Å². The van der Waals surface area contributed by atoms with Crippen LogP contribution in [-0.4, -0.2) is 16.3 Å². The largest absolute Gasteiger partial charge is 1.00 e. The second kappa shape index (κ2) is 30.7. The average Bonchev–Trinajstić information content (AvgIpc) is 2.70. The molecule has 7 heteroatoms. The van der Waals surface area contributed by atoms with Gasteiger partial charge in [0.25, 0.3) is 0 Å². The first kappa shape index (κ1) is 40.8. The first-order valence-corrected chi connectivity index (χ1v) is 13.0. The third kappa shape index (κ3) is 28.8. The Morgan fingerprint density at radius 3 is 1.13 bits per heavy atom. The number of nitrogens with one attached hydrogen (secondary N) is 1. The van der Waals surface area contributed by atoms with Crippen molar-refractivity contribution in [1.29, 1.82) is 0 Å². The SMILES string of the molecule is CCC(Br)(CC)C(=O)NC(N)=O.CCCCCCCCCCCCCCCCC.[H-].[H-].[K+].[K+]. The maximum Gasteiger partial charge on any atom is 1.00 e. The summed E-state index contributed by atoms with van der Waals surface area (Å²) in [6, 6.07) is -0.814. The number of rotatable bonds is 17. The summed E-state index contributed by atoms with van der Waals surface area (Å²) in [6.45, 7) is 8.30. The summed E-state index contributed by atoms with van der Waals surface area (Å²) in [6.07, 6.45) is 23.1. The third-order valence-corrected chi connectivity index (χ3v) is 6.95. The van der Waals surface area contributed by atoms with Crippen LogP contribution in [0.2, 0.25) is 0 Å². The van der Waals surface area contributed by atoms with Gasteiger partial charge in [-0.15, -0.1) is 0 Å². The van der Waals surface area contributed by atoms with Crippen molar-refractivity contribution >= 4 is 27.9 Å². The van der Waals surface area contributed by atoms with Crippen LogP contribution in [-0.2, 0) is 4.79 Å². The molecule has 0 saturated carbocycles. The molecule has 4 nitrogen and oxygen atoms in total. The fraction of sp³-hybridized carbons (Fsp3) is 0.917. The zero-order chi connectivity index (χ0) is 22.4. The number of nitrogens with two attached hydrogens (primary N) is 1. The number of halogens is 1. The third-order valence-electron chi connectivity index (χ3n) is 5.47.